The fourth-order valence-electron chi connectivity index (χ4n) is 4.36. The van der Waals surface area contributed by atoms with E-state index in [-0.39, 0.29) is 29.0 Å². The number of rotatable bonds is 9. The molecule has 0 saturated carbocycles. The average Bonchev–Trinajstić information content (AvgIpc) is 2.89. The normalized spacial score (nSPS) is 11.6. The van der Waals surface area contributed by atoms with Crippen molar-refractivity contribution < 1.29 is 14.4 Å². The highest BCUT2D eigenvalue weighted by molar-refractivity contribution is 9.10. The molecule has 3 aromatic carbocycles. The number of halogens is 1. The molecule has 0 amide bonds. The number of hydrogen-bond acceptors (Lipinski definition) is 7. The van der Waals surface area contributed by atoms with E-state index in [9.17, 15) is 14.9 Å². The standard InChI is InChI=1S/C30H31BrN4O5/c1-7-39-27-12-19(6)23(15-22(27)17(2)3)29-33-25-11-9-8-10-21(25)30(36)34(29)32-16-20-13-24(31)28(40-18(4)5)26(14-20)35(37)38/h8-18H,7H2,1-6H3. The summed E-state index contributed by atoms with van der Waals surface area (Å²) in [7, 11) is 0. The minimum Gasteiger partial charge on any atom is -0.494 e. The van der Waals surface area contributed by atoms with Crippen molar-refractivity contribution in [2.75, 3.05) is 6.61 Å². The molecule has 4 aromatic rings. The van der Waals surface area contributed by atoms with Gasteiger partial charge in [-0.1, -0.05) is 26.0 Å². The molecule has 0 radical (unpaired) electrons. The van der Waals surface area contributed by atoms with Gasteiger partial charge in [-0.2, -0.15) is 9.78 Å². The van der Waals surface area contributed by atoms with E-state index in [1.54, 1.807) is 38.1 Å². The summed E-state index contributed by atoms with van der Waals surface area (Å²) in [6.07, 6.45) is 1.15. The SMILES string of the molecule is CCOc1cc(C)c(-c2nc3ccccc3c(=O)n2N=Cc2cc(Br)c(OC(C)C)c([N+](=O)[O-])c2)cc1C(C)C. The highest BCUT2D eigenvalue weighted by atomic mass is 79.9. The van der Waals surface area contributed by atoms with Gasteiger partial charge in [0, 0.05) is 17.2 Å². The predicted molar refractivity (Wildman–Crippen MR) is 161 cm³/mol. The Morgan fingerprint density at radius 3 is 2.52 bits per heavy atom. The Bertz CT molecular complexity index is 1680. The summed E-state index contributed by atoms with van der Waals surface area (Å²) in [5, 5.41) is 16.7. The first-order valence-electron chi connectivity index (χ1n) is 13.0. The van der Waals surface area contributed by atoms with Gasteiger partial charge in [-0.15, -0.1) is 0 Å². The molecule has 0 unspecified atom stereocenters. The number of aryl methyl sites for hydroxylation is 1. The van der Waals surface area contributed by atoms with Crippen LogP contribution in [-0.4, -0.2) is 33.5 Å². The number of aromatic nitrogens is 2. The quantitative estimate of drug-likeness (QED) is 0.113. The number of nitro benzene ring substituents is 1. The van der Waals surface area contributed by atoms with Crippen LogP contribution in [0.25, 0.3) is 22.3 Å². The maximum absolute atomic E-state index is 13.7. The Morgan fingerprint density at radius 1 is 1.15 bits per heavy atom. The van der Waals surface area contributed by atoms with E-state index in [4.69, 9.17) is 14.5 Å². The number of nitro groups is 1. The van der Waals surface area contributed by atoms with Crippen molar-refractivity contribution in [3.8, 4) is 22.9 Å². The van der Waals surface area contributed by atoms with Crippen molar-refractivity contribution in [1.29, 1.82) is 0 Å². The smallest absolute Gasteiger partial charge is 0.312 e. The van der Waals surface area contributed by atoms with Crippen molar-refractivity contribution in [1.82, 2.24) is 9.66 Å². The minimum absolute atomic E-state index is 0.133. The lowest BCUT2D eigenvalue weighted by Crippen LogP contribution is -2.21. The molecule has 0 atom stereocenters. The summed E-state index contributed by atoms with van der Waals surface area (Å²) >= 11 is 3.39. The van der Waals surface area contributed by atoms with Crippen LogP contribution in [0.5, 0.6) is 11.5 Å². The zero-order valence-electron chi connectivity index (χ0n) is 23.3. The van der Waals surface area contributed by atoms with Gasteiger partial charge in [0.25, 0.3) is 5.56 Å². The van der Waals surface area contributed by atoms with Crippen LogP contribution in [-0.2, 0) is 0 Å². The lowest BCUT2D eigenvalue weighted by atomic mass is 9.96. The van der Waals surface area contributed by atoms with Crippen LogP contribution in [0.15, 0.2) is 62.9 Å². The maximum Gasteiger partial charge on any atom is 0.312 e. The first-order chi connectivity index (χ1) is 19.0. The molecule has 1 heterocycles. The number of hydrogen-bond donors (Lipinski definition) is 0. The lowest BCUT2D eigenvalue weighted by molar-refractivity contribution is -0.386. The third-order valence-electron chi connectivity index (χ3n) is 6.19. The van der Waals surface area contributed by atoms with Crippen LogP contribution < -0.4 is 15.0 Å². The van der Waals surface area contributed by atoms with Gasteiger partial charge in [0.15, 0.2) is 5.82 Å². The number of para-hydroxylation sites is 1. The average molecular weight is 608 g/mol. The van der Waals surface area contributed by atoms with E-state index in [0.717, 1.165) is 22.4 Å². The number of fused-ring (bicyclic) bond motifs is 1. The monoisotopic (exact) mass is 606 g/mol. The minimum atomic E-state index is -0.508. The summed E-state index contributed by atoms with van der Waals surface area (Å²) in [6, 6.07) is 14.1. The molecular formula is C30H31BrN4O5. The van der Waals surface area contributed by atoms with E-state index in [1.165, 1.54) is 17.0 Å². The Kier molecular flexibility index (Phi) is 8.68. The highest BCUT2D eigenvalue weighted by Crippen LogP contribution is 2.37. The summed E-state index contributed by atoms with van der Waals surface area (Å²) < 4.78 is 13.2. The molecule has 0 fully saturated rings. The summed E-state index contributed by atoms with van der Waals surface area (Å²) in [5.74, 6) is 1.44. The van der Waals surface area contributed by atoms with Crippen molar-refractivity contribution in [3.05, 3.63) is 90.2 Å². The molecule has 0 aliphatic rings. The molecule has 0 bridgehead atoms. The molecule has 9 nitrogen and oxygen atoms in total. The van der Waals surface area contributed by atoms with Crippen molar-refractivity contribution in [2.45, 2.75) is 53.6 Å². The fourth-order valence-corrected chi connectivity index (χ4v) is 4.92. The first kappa shape index (κ1) is 28.9. The number of nitrogens with zero attached hydrogens (tertiary/aromatic N) is 4. The second-order valence-corrected chi connectivity index (χ2v) is 10.7. The van der Waals surface area contributed by atoms with Gasteiger partial charge in [-0.25, -0.2) is 4.98 Å². The molecule has 0 aliphatic heterocycles. The second-order valence-electron chi connectivity index (χ2n) is 9.88. The van der Waals surface area contributed by atoms with Gasteiger partial charge >= 0.3 is 5.69 Å². The Morgan fingerprint density at radius 2 is 1.88 bits per heavy atom. The molecule has 1 aromatic heterocycles. The van der Waals surface area contributed by atoms with Gasteiger partial charge in [0.1, 0.15) is 5.75 Å². The molecule has 40 heavy (non-hydrogen) atoms. The third kappa shape index (κ3) is 5.91. The van der Waals surface area contributed by atoms with E-state index in [1.807, 2.05) is 32.0 Å². The zero-order valence-corrected chi connectivity index (χ0v) is 24.9. The Hall–Kier alpha value is -4.05. The van der Waals surface area contributed by atoms with Gasteiger partial charge in [0.05, 0.1) is 39.2 Å². The van der Waals surface area contributed by atoms with E-state index < -0.39 is 4.92 Å². The van der Waals surface area contributed by atoms with Crippen LogP contribution >= 0.6 is 15.9 Å². The molecule has 0 saturated heterocycles. The zero-order chi connectivity index (χ0) is 29.1. The van der Waals surface area contributed by atoms with Gasteiger partial charge in [-0.05, 0) is 91.0 Å². The number of benzene rings is 3. The largest absolute Gasteiger partial charge is 0.494 e. The van der Waals surface area contributed by atoms with E-state index >= 15 is 0 Å². The second kappa shape index (κ2) is 12.0. The third-order valence-corrected chi connectivity index (χ3v) is 6.78. The van der Waals surface area contributed by atoms with Crippen molar-refractivity contribution >= 4 is 38.7 Å². The summed E-state index contributed by atoms with van der Waals surface area (Å²) in [4.78, 5) is 29.8. The number of ether oxygens (including phenoxy) is 2. The van der Waals surface area contributed by atoms with Gasteiger partial charge < -0.3 is 9.47 Å². The summed E-state index contributed by atoms with van der Waals surface area (Å²) in [5.41, 5.74) is 2.98. The molecule has 0 N–H and O–H groups in total. The predicted octanol–water partition coefficient (Wildman–Crippen LogP) is 7.23. The Balaban J connectivity index is 1.94. The molecule has 4 rings (SSSR count). The van der Waals surface area contributed by atoms with Crippen LogP contribution in [0.2, 0.25) is 0 Å². The van der Waals surface area contributed by atoms with Crippen LogP contribution in [0.3, 0.4) is 0 Å². The van der Waals surface area contributed by atoms with Gasteiger partial charge in [-0.3, -0.25) is 14.9 Å². The van der Waals surface area contributed by atoms with Crippen molar-refractivity contribution in [2.24, 2.45) is 5.10 Å². The maximum atomic E-state index is 13.7. The molecule has 10 heteroatoms. The van der Waals surface area contributed by atoms with Crippen LogP contribution in [0.4, 0.5) is 5.69 Å². The van der Waals surface area contributed by atoms with Gasteiger partial charge in [0.2, 0.25) is 5.75 Å². The molecule has 208 valence electrons. The molecule has 0 spiro atoms. The van der Waals surface area contributed by atoms with Crippen LogP contribution in [0, 0.1) is 17.0 Å². The van der Waals surface area contributed by atoms with Crippen LogP contribution in [0.1, 0.15) is 57.2 Å². The first-order valence-corrected chi connectivity index (χ1v) is 13.8. The Labute approximate surface area is 240 Å². The topological polar surface area (TPSA) is 109 Å². The summed E-state index contributed by atoms with van der Waals surface area (Å²) in [6.45, 7) is 12.1. The van der Waals surface area contributed by atoms with E-state index in [2.05, 4.69) is 34.9 Å². The molecular weight excluding hydrogens is 576 g/mol. The van der Waals surface area contributed by atoms with Crippen molar-refractivity contribution in [3.63, 3.8) is 0 Å². The fraction of sp³-hybridized carbons (Fsp3) is 0.300. The lowest BCUT2D eigenvalue weighted by Gasteiger charge is -2.18. The van der Waals surface area contributed by atoms with E-state index in [0.29, 0.717) is 33.4 Å². The highest BCUT2D eigenvalue weighted by Gasteiger charge is 2.22. The molecule has 0 aliphatic carbocycles.